The summed E-state index contributed by atoms with van der Waals surface area (Å²) in [5, 5.41) is 5.92. The van der Waals surface area contributed by atoms with Gasteiger partial charge >= 0.3 is 6.03 Å². The molecule has 0 aliphatic carbocycles. The lowest BCUT2D eigenvalue weighted by Gasteiger charge is -2.16. The molecule has 2 amide bonds. The smallest absolute Gasteiger partial charge is 0.321 e. The number of likely N-dealkylation sites (tertiary alicyclic amines) is 1. The zero-order valence-corrected chi connectivity index (χ0v) is 13.6. The number of nitrogens with two attached hydrogens (primary N) is 1. The van der Waals surface area contributed by atoms with Crippen LogP contribution < -0.4 is 16.4 Å². The first-order valence-corrected chi connectivity index (χ1v) is 7.87. The van der Waals surface area contributed by atoms with Gasteiger partial charge in [0.15, 0.2) is 5.96 Å². The molecular formula is C17H25N5O. The summed E-state index contributed by atoms with van der Waals surface area (Å²) in [5.74, 6) is 0.388. The van der Waals surface area contributed by atoms with Gasteiger partial charge in [0, 0.05) is 25.3 Å². The van der Waals surface area contributed by atoms with E-state index in [0.29, 0.717) is 19.0 Å². The van der Waals surface area contributed by atoms with Gasteiger partial charge < -0.3 is 21.3 Å². The number of nitrogens with one attached hydrogen (secondary N) is 2. The number of rotatable bonds is 5. The summed E-state index contributed by atoms with van der Waals surface area (Å²) in [6.45, 7) is 8.46. The summed E-state index contributed by atoms with van der Waals surface area (Å²) in [6.07, 6.45) is 2.16. The normalized spacial score (nSPS) is 14.7. The molecule has 4 N–H and O–H groups in total. The molecule has 1 aromatic carbocycles. The van der Waals surface area contributed by atoms with Gasteiger partial charge in [-0.2, -0.15) is 0 Å². The Hall–Kier alpha value is -2.50. The average Bonchev–Trinajstić information content (AvgIpc) is 3.06. The van der Waals surface area contributed by atoms with Crippen molar-refractivity contribution in [3.8, 4) is 0 Å². The Bertz CT molecular complexity index is 590. The molecule has 0 aromatic heterocycles. The molecular weight excluding hydrogens is 290 g/mol. The number of benzene rings is 1. The zero-order chi connectivity index (χ0) is 16.7. The van der Waals surface area contributed by atoms with E-state index in [4.69, 9.17) is 5.73 Å². The van der Waals surface area contributed by atoms with E-state index in [2.05, 4.69) is 22.2 Å². The molecule has 6 nitrogen and oxygen atoms in total. The van der Waals surface area contributed by atoms with E-state index in [1.807, 2.05) is 36.1 Å². The molecule has 124 valence electrons. The molecule has 2 rings (SSSR count). The van der Waals surface area contributed by atoms with Gasteiger partial charge in [0.1, 0.15) is 0 Å². The summed E-state index contributed by atoms with van der Waals surface area (Å²) in [4.78, 5) is 18.2. The number of nitrogens with zero attached hydrogens (tertiary/aromatic N) is 2. The summed E-state index contributed by atoms with van der Waals surface area (Å²) in [7, 11) is 0. The lowest BCUT2D eigenvalue weighted by Crippen LogP contribution is -2.32. The largest absolute Gasteiger partial charge is 0.370 e. The van der Waals surface area contributed by atoms with E-state index in [1.165, 1.54) is 0 Å². The molecule has 1 heterocycles. The number of anilines is 1. The molecule has 0 unspecified atom stereocenters. The summed E-state index contributed by atoms with van der Waals surface area (Å²) >= 11 is 0. The Morgan fingerprint density at radius 1 is 1.39 bits per heavy atom. The molecule has 1 fully saturated rings. The van der Waals surface area contributed by atoms with Gasteiger partial charge in [-0.25, -0.2) is 9.79 Å². The zero-order valence-electron chi connectivity index (χ0n) is 13.6. The molecule has 0 bridgehead atoms. The van der Waals surface area contributed by atoms with Crippen molar-refractivity contribution in [2.45, 2.75) is 26.3 Å². The number of carbonyl (C=O) groups excluding carboxylic acids is 1. The van der Waals surface area contributed by atoms with Crippen LogP contribution in [0, 0.1) is 0 Å². The summed E-state index contributed by atoms with van der Waals surface area (Å²) < 4.78 is 0. The number of hydrogen-bond donors (Lipinski definition) is 3. The van der Waals surface area contributed by atoms with Gasteiger partial charge in [0.25, 0.3) is 0 Å². The van der Waals surface area contributed by atoms with Crippen LogP contribution in [0.1, 0.15) is 25.3 Å². The maximum absolute atomic E-state index is 12.1. The van der Waals surface area contributed by atoms with Crippen molar-refractivity contribution in [2.75, 3.05) is 25.0 Å². The molecule has 1 aromatic rings. The average molecular weight is 315 g/mol. The fourth-order valence-electron chi connectivity index (χ4n) is 2.34. The van der Waals surface area contributed by atoms with Gasteiger partial charge in [-0.1, -0.05) is 24.3 Å². The third kappa shape index (κ3) is 5.65. The van der Waals surface area contributed by atoms with E-state index in [1.54, 1.807) is 0 Å². The maximum atomic E-state index is 12.1. The monoisotopic (exact) mass is 315 g/mol. The number of carbonyl (C=O) groups is 1. The highest BCUT2D eigenvalue weighted by atomic mass is 16.2. The predicted octanol–water partition coefficient (Wildman–Crippen LogP) is 2.29. The van der Waals surface area contributed by atoms with Gasteiger partial charge in [-0.15, -0.1) is 0 Å². The Morgan fingerprint density at radius 2 is 2.13 bits per heavy atom. The van der Waals surface area contributed by atoms with Crippen LogP contribution in [0.3, 0.4) is 0 Å². The van der Waals surface area contributed by atoms with E-state index in [-0.39, 0.29) is 6.03 Å². The summed E-state index contributed by atoms with van der Waals surface area (Å²) in [5.41, 5.74) is 8.56. The Morgan fingerprint density at radius 3 is 2.83 bits per heavy atom. The molecule has 6 heteroatoms. The molecule has 0 radical (unpaired) electrons. The van der Waals surface area contributed by atoms with Gasteiger partial charge in [-0.3, -0.25) is 0 Å². The minimum absolute atomic E-state index is 0.0363. The van der Waals surface area contributed by atoms with Crippen molar-refractivity contribution < 1.29 is 4.79 Å². The second-order valence-electron chi connectivity index (χ2n) is 5.84. The van der Waals surface area contributed by atoms with Crippen LogP contribution in [0.15, 0.2) is 41.4 Å². The van der Waals surface area contributed by atoms with Crippen LogP contribution in [-0.2, 0) is 6.54 Å². The standard InChI is InChI=1S/C17H25N5O/c1-13(2)11-19-16(18)20-12-14-6-5-7-15(10-14)21-17(23)22-8-3-4-9-22/h5-7,10H,1,3-4,8-9,11-12H2,2H3,(H,21,23)(H3,18,19,20). The van der Waals surface area contributed by atoms with Crippen molar-refractivity contribution in [1.82, 2.24) is 10.2 Å². The number of aliphatic imine (C=N–C) groups is 1. The van der Waals surface area contributed by atoms with Crippen molar-refractivity contribution in [3.63, 3.8) is 0 Å². The number of urea groups is 1. The second-order valence-corrected chi connectivity index (χ2v) is 5.84. The van der Waals surface area contributed by atoms with Crippen LogP contribution in [-0.4, -0.2) is 36.5 Å². The number of amides is 2. The molecule has 0 atom stereocenters. The third-order valence-electron chi connectivity index (χ3n) is 3.57. The molecule has 1 aliphatic rings. The van der Waals surface area contributed by atoms with Gasteiger partial charge in [-0.05, 0) is 37.5 Å². The van der Waals surface area contributed by atoms with Crippen molar-refractivity contribution in [3.05, 3.63) is 42.0 Å². The predicted molar refractivity (Wildman–Crippen MR) is 94.4 cm³/mol. The van der Waals surface area contributed by atoms with Gasteiger partial charge in [0.05, 0.1) is 6.54 Å². The molecule has 0 spiro atoms. The third-order valence-corrected chi connectivity index (χ3v) is 3.57. The first kappa shape index (κ1) is 16.9. The van der Waals surface area contributed by atoms with Crippen LogP contribution >= 0.6 is 0 Å². The van der Waals surface area contributed by atoms with E-state index in [9.17, 15) is 4.79 Å². The van der Waals surface area contributed by atoms with Crippen LogP contribution in [0.5, 0.6) is 0 Å². The minimum atomic E-state index is -0.0363. The fraction of sp³-hybridized carbons (Fsp3) is 0.412. The Balaban J connectivity index is 1.90. The van der Waals surface area contributed by atoms with E-state index < -0.39 is 0 Å². The topological polar surface area (TPSA) is 82.7 Å². The Labute approximate surface area is 137 Å². The molecule has 1 saturated heterocycles. The summed E-state index contributed by atoms with van der Waals surface area (Å²) in [6, 6.07) is 7.63. The van der Waals surface area contributed by atoms with Crippen LogP contribution in [0.25, 0.3) is 0 Å². The molecule has 0 saturated carbocycles. The van der Waals surface area contributed by atoms with Crippen LogP contribution in [0.2, 0.25) is 0 Å². The molecule has 23 heavy (non-hydrogen) atoms. The minimum Gasteiger partial charge on any atom is -0.370 e. The Kier molecular flexibility index (Phi) is 6.02. The SMILES string of the molecule is C=C(C)CNC(N)=NCc1cccc(NC(=O)N2CCCC2)c1. The maximum Gasteiger partial charge on any atom is 0.321 e. The van der Waals surface area contributed by atoms with E-state index in [0.717, 1.165) is 42.8 Å². The van der Waals surface area contributed by atoms with Crippen molar-refractivity contribution in [1.29, 1.82) is 0 Å². The number of hydrogen-bond acceptors (Lipinski definition) is 2. The lowest BCUT2D eigenvalue weighted by atomic mass is 10.2. The second kappa shape index (κ2) is 8.22. The van der Waals surface area contributed by atoms with Gasteiger partial charge in [0.2, 0.25) is 0 Å². The number of guanidine groups is 1. The van der Waals surface area contributed by atoms with Crippen LogP contribution in [0.4, 0.5) is 10.5 Å². The molecule has 1 aliphatic heterocycles. The highest BCUT2D eigenvalue weighted by molar-refractivity contribution is 5.89. The van der Waals surface area contributed by atoms with Crippen molar-refractivity contribution in [2.24, 2.45) is 10.7 Å². The quantitative estimate of drug-likeness (QED) is 0.443. The van der Waals surface area contributed by atoms with E-state index >= 15 is 0 Å². The first-order valence-electron chi connectivity index (χ1n) is 7.87. The highest BCUT2D eigenvalue weighted by Crippen LogP contribution is 2.14. The van der Waals surface area contributed by atoms with Crippen molar-refractivity contribution >= 4 is 17.7 Å². The highest BCUT2D eigenvalue weighted by Gasteiger charge is 2.17. The first-order chi connectivity index (χ1) is 11.0. The lowest BCUT2D eigenvalue weighted by molar-refractivity contribution is 0.222. The fourth-order valence-corrected chi connectivity index (χ4v) is 2.34.